The lowest BCUT2D eigenvalue weighted by Crippen LogP contribution is -2.06. The lowest BCUT2D eigenvalue weighted by molar-refractivity contribution is 0.102. The van der Waals surface area contributed by atoms with E-state index in [9.17, 15) is 13.6 Å². The topological polar surface area (TPSA) is 42.9 Å². The maximum Gasteiger partial charge on any atom is 0.297 e. The molecule has 0 saturated heterocycles. The van der Waals surface area contributed by atoms with Crippen molar-refractivity contribution in [1.29, 1.82) is 0 Å². The summed E-state index contributed by atoms with van der Waals surface area (Å²) in [6, 6.07) is 0. The van der Waals surface area contributed by atoms with Crippen molar-refractivity contribution in [3.8, 4) is 0 Å². The molecule has 0 atom stereocenters. The molecule has 7 heteroatoms. The lowest BCUT2D eigenvalue weighted by atomic mass is 10.2. The van der Waals surface area contributed by atoms with Gasteiger partial charge in [-0.05, 0) is 0 Å². The van der Waals surface area contributed by atoms with E-state index in [1.165, 1.54) is 0 Å². The Balaban J connectivity index is 3.07. The molecule has 1 aromatic heterocycles. The zero-order valence-electron chi connectivity index (χ0n) is 6.68. The van der Waals surface area contributed by atoms with Gasteiger partial charge in [0.2, 0.25) is 0 Å². The van der Waals surface area contributed by atoms with Gasteiger partial charge >= 0.3 is 0 Å². The Bertz CT molecular complexity index is 362. The minimum atomic E-state index is -2.79. The highest BCUT2D eigenvalue weighted by Crippen LogP contribution is 2.19. The van der Waals surface area contributed by atoms with Crippen LogP contribution in [0.5, 0.6) is 0 Å². The fourth-order valence-electron chi connectivity index (χ4n) is 0.738. The van der Waals surface area contributed by atoms with Gasteiger partial charge in [-0.25, -0.2) is 18.7 Å². The maximum absolute atomic E-state index is 12.1. The molecule has 0 aliphatic rings. The molecular formula is C7H4BrClF2N2O. The summed E-state index contributed by atoms with van der Waals surface area (Å²) in [5.41, 5.74) is 0.0351. The van der Waals surface area contributed by atoms with Crippen molar-refractivity contribution in [2.75, 3.05) is 5.33 Å². The number of halogens is 4. The Labute approximate surface area is 91.6 Å². The van der Waals surface area contributed by atoms with E-state index in [1.54, 1.807) is 0 Å². The van der Waals surface area contributed by atoms with Crippen LogP contribution < -0.4 is 0 Å². The number of aromatic nitrogens is 2. The zero-order valence-corrected chi connectivity index (χ0v) is 9.02. The van der Waals surface area contributed by atoms with Gasteiger partial charge < -0.3 is 0 Å². The molecule has 14 heavy (non-hydrogen) atoms. The summed E-state index contributed by atoms with van der Waals surface area (Å²) in [7, 11) is 0. The second kappa shape index (κ2) is 4.75. The highest BCUT2D eigenvalue weighted by atomic mass is 79.9. The van der Waals surface area contributed by atoms with Gasteiger partial charge in [-0.2, -0.15) is 0 Å². The molecule has 1 aromatic rings. The summed E-state index contributed by atoms with van der Waals surface area (Å²) in [5, 5.41) is -0.204. The third-order valence-corrected chi connectivity index (χ3v) is 2.18. The number of alkyl halides is 3. The molecule has 76 valence electrons. The molecule has 0 spiro atoms. The highest BCUT2D eigenvalue weighted by Gasteiger charge is 2.16. The molecule has 0 fully saturated rings. The lowest BCUT2D eigenvalue weighted by Gasteiger charge is -2.02. The Kier molecular flexibility index (Phi) is 3.88. The summed E-state index contributed by atoms with van der Waals surface area (Å²) in [6.07, 6.45) is -1.79. The van der Waals surface area contributed by atoms with E-state index >= 15 is 0 Å². The van der Waals surface area contributed by atoms with E-state index in [2.05, 4.69) is 25.9 Å². The van der Waals surface area contributed by atoms with Crippen molar-refractivity contribution in [3.63, 3.8) is 0 Å². The van der Waals surface area contributed by atoms with Gasteiger partial charge in [-0.1, -0.05) is 27.5 Å². The van der Waals surface area contributed by atoms with Crippen molar-refractivity contribution < 1.29 is 13.6 Å². The number of Topliss-reactive ketones (excluding diaryl/α,β-unsaturated/α-hetero) is 1. The molecule has 0 unspecified atom stereocenters. The van der Waals surface area contributed by atoms with E-state index in [4.69, 9.17) is 11.6 Å². The van der Waals surface area contributed by atoms with Gasteiger partial charge in [-0.15, -0.1) is 0 Å². The van der Waals surface area contributed by atoms with Crippen LogP contribution in [0.15, 0.2) is 6.20 Å². The second-order valence-corrected chi connectivity index (χ2v) is 3.21. The molecule has 0 amide bonds. The number of carbonyl (C=O) groups is 1. The van der Waals surface area contributed by atoms with Crippen LogP contribution in [0.25, 0.3) is 0 Å². The molecule has 0 aromatic carbocycles. The summed E-state index contributed by atoms with van der Waals surface area (Å²) < 4.78 is 24.2. The summed E-state index contributed by atoms with van der Waals surface area (Å²) >= 11 is 8.44. The standard InChI is InChI=1S/C7H4BrClF2N2O/c8-1-4(14)3-2-12-7(6(10)11)13-5(3)9/h2,6H,1H2. The molecule has 1 rings (SSSR count). The Morgan fingerprint density at radius 3 is 2.71 bits per heavy atom. The zero-order chi connectivity index (χ0) is 10.7. The van der Waals surface area contributed by atoms with Gasteiger partial charge in [0, 0.05) is 6.20 Å². The largest absolute Gasteiger partial charge is 0.297 e. The van der Waals surface area contributed by atoms with Crippen molar-refractivity contribution in [2.45, 2.75) is 6.43 Å². The number of ketones is 1. The number of hydrogen-bond donors (Lipinski definition) is 0. The maximum atomic E-state index is 12.1. The third kappa shape index (κ3) is 2.45. The molecule has 0 aliphatic heterocycles. The fraction of sp³-hybridized carbons (Fsp3) is 0.286. The SMILES string of the molecule is O=C(CBr)c1cnc(C(F)F)nc1Cl. The van der Waals surface area contributed by atoms with Crippen molar-refractivity contribution >= 4 is 33.3 Å². The monoisotopic (exact) mass is 284 g/mol. The number of rotatable bonds is 3. The van der Waals surface area contributed by atoms with E-state index in [1.807, 2.05) is 0 Å². The highest BCUT2D eigenvalue weighted by molar-refractivity contribution is 9.09. The van der Waals surface area contributed by atoms with Crippen LogP contribution in [0.2, 0.25) is 5.15 Å². The Morgan fingerprint density at radius 2 is 2.29 bits per heavy atom. The first kappa shape index (κ1) is 11.5. The first-order valence-electron chi connectivity index (χ1n) is 3.46. The van der Waals surface area contributed by atoms with Crippen LogP contribution in [0.3, 0.4) is 0 Å². The Hall–Kier alpha value is -0.620. The normalized spacial score (nSPS) is 10.6. The summed E-state index contributed by atoms with van der Waals surface area (Å²) in [4.78, 5) is 17.7. The predicted octanol–water partition coefficient (Wildman–Crippen LogP) is 2.65. The molecule has 3 nitrogen and oxygen atoms in total. The van der Waals surface area contributed by atoms with E-state index < -0.39 is 12.2 Å². The van der Waals surface area contributed by atoms with E-state index in [0.717, 1.165) is 6.20 Å². The van der Waals surface area contributed by atoms with Crippen LogP contribution >= 0.6 is 27.5 Å². The van der Waals surface area contributed by atoms with Gasteiger partial charge in [0.25, 0.3) is 6.43 Å². The molecular weight excluding hydrogens is 281 g/mol. The molecule has 1 heterocycles. The van der Waals surface area contributed by atoms with Crippen LogP contribution in [0, 0.1) is 0 Å². The van der Waals surface area contributed by atoms with Gasteiger partial charge in [-0.3, -0.25) is 4.79 Å². The first-order chi connectivity index (χ1) is 6.56. The van der Waals surface area contributed by atoms with Crippen LogP contribution in [-0.4, -0.2) is 21.1 Å². The van der Waals surface area contributed by atoms with E-state index in [0.29, 0.717) is 0 Å². The Morgan fingerprint density at radius 1 is 1.64 bits per heavy atom. The van der Waals surface area contributed by atoms with E-state index in [-0.39, 0.29) is 21.8 Å². The molecule has 0 saturated carbocycles. The number of carbonyl (C=O) groups excluding carboxylic acids is 1. The smallest absolute Gasteiger partial charge is 0.293 e. The van der Waals surface area contributed by atoms with Crippen LogP contribution in [0.4, 0.5) is 8.78 Å². The van der Waals surface area contributed by atoms with Crippen molar-refractivity contribution in [1.82, 2.24) is 9.97 Å². The minimum absolute atomic E-state index is 0.0351. The fourth-order valence-corrected chi connectivity index (χ4v) is 1.28. The third-order valence-electron chi connectivity index (χ3n) is 1.38. The minimum Gasteiger partial charge on any atom is -0.293 e. The molecule has 0 aliphatic carbocycles. The summed E-state index contributed by atoms with van der Waals surface area (Å²) in [5.74, 6) is -1.03. The molecule has 0 radical (unpaired) electrons. The first-order valence-corrected chi connectivity index (χ1v) is 4.96. The number of nitrogens with zero attached hydrogens (tertiary/aromatic N) is 2. The van der Waals surface area contributed by atoms with Crippen molar-refractivity contribution in [2.24, 2.45) is 0 Å². The summed E-state index contributed by atoms with van der Waals surface area (Å²) in [6.45, 7) is 0. The quantitative estimate of drug-likeness (QED) is 0.487. The van der Waals surface area contributed by atoms with Gasteiger partial charge in [0.15, 0.2) is 11.6 Å². The van der Waals surface area contributed by atoms with Crippen LogP contribution in [0.1, 0.15) is 22.6 Å². The second-order valence-electron chi connectivity index (χ2n) is 2.29. The molecule has 0 bridgehead atoms. The average Bonchev–Trinajstić information content (AvgIpc) is 2.16. The predicted molar refractivity (Wildman–Crippen MR) is 50.1 cm³/mol. The number of hydrogen-bond acceptors (Lipinski definition) is 3. The van der Waals surface area contributed by atoms with Crippen molar-refractivity contribution in [3.05, 3.63) is 22.7 Å². The average molecular weight is 285 g/mol. The molecule has 0 N–H and O–H groups in total. The van der Waals surface area contributed by atoms with Gasteiger partial charge in [0.05, 0.1) is 10.9 Å². The van der Waals surface area contributed by atoms with Crippen LogP contribution in [-0.2, 0) is 0 Å². The van der Waals surface area contributed by atoms with Gasteiger partial charge in [0.1, 0.15) is 5.15 Å².